The van der Waals surface area contributed by atoms with Crippen molar-refractivity contribution in [3.63, 3.8) is 0 Å². The lowest BCUT2D eigenvalue weighted by Crippen LogP contribution is -2.37. The number of fused-ring (bicyclic) bond motifs is 4. The van der Waals surface area contributed by atoms with Crippen LogP contribution in [0.1, 0.15) is 67.2 Å². The van der Waals surface area contributed by atoms with E-state index >= 15 is 0 Å². The van der Waals surface area contributed by atoms with Gasteiger partial charge in [-0.1, -0.05) is 53.7 Å². The maximum Gasteiger partial charge on any atom is 0.143 e. The van der Waals surface area contributed by atoms with Gasteiger partial charge in [0.15, 0.2) is 0 Å². The van der Waals surface area contributed by atoms with Gasteiger partial charge in [-0.05, 0) is 59.7 Å². The van der Waals surface area contributed by atoms with E-state index in [2.05, 4.69) is 48.1 Å². The molecule has 0 aliphatic heterocycles. The first-order valence-corrected chi connectivity index (χ1v) is 9.24. The van der Waals surface area contributed by atoms with Crippen LogP contribution in [0.3, 0.4) is 0 Å². The molecule has 0 N–H and O–H groups in total. The summed E-state index contributed by atoms with van der Waals surface area (Å²) in [6.07, 6.45) is 4.91. The van der Waals surface area contributed by atoms with E-state index in [1.165, 1.54) is 24.8 Å². The summed E-state index contributed by atoms with van der Waals surface area (Å²) >= 11 is 0. The minimum atomic E-state index is -0.0878. The Morgan fingerprint density at radius 2 is 1.27 bits per heavy atom. The predicted octanol–water partition coefficient (Wildman–Crippen LogP) is 5.26. The van der Waals surface area contributed by atoms with Crippen LogP contribution in [-0.4, -0.2) is 5.78 Å². The average molecular weight is 300 g/mol. The molecule has 4 fully saturated rings. The lowest BCUT2D eigenvalue weighted by Gasteiger charge is -2.37. The molecule has 4 rings (SSSR count). The fourth-order valence-corrected chi connectivity index (χ4v) is 7.39. The Bertz CT molecular complexity index is 531. The molecule has 4 aliphatic carbocycles. The minimum Gasteiger partial charge on any atom is -0.299 e. The van der Waals surface area contributed by atoms with E-state index in [0.717, 1.165) is 6.42 Å². The Balaban J connectivity index is 1.80. The topological polar surface area (TPSA) is 17.1 Å². The van der Waals surface area contributed by atoms with Crippen LogP contribution < -0.4 is 0 Å². The smallest absolute Gasteiger partial charge is 0.143 e. The molecule has 0 saturated heterocycles. The molecule has 1 nitrogen and oxygen atoms in total. The first kappa shape index (κ1) is 15.0. The number of carbonyl (C=O) groups excluding carboxylic acids is 1. The third kappa shape index (κ3) is 1.22. The van der Waals surface area contributed by atoms with Crippen LogP contribution in [-0.2, 0) is 4.79 Å². The van der Waals surface area contributed by atoms with E-state index < -0.39 is 0 Å². The second kappa shape index (κ2) is 3.73. The van der Waals surface area contributed by atoms with Crippen molar-refractivity contribution < 1.29 is 4.79 Å². The van der Waals surface area contributed by atoms with Gasteiger partial charge in [0.05, 0.1) is 0 Å². The Kier molecular flexibility index (Phi) is 2.54. The van der Waals surface area contributed by atoms with Crippen molar-refractivity contribution in [3.8, 4) is 0 Å². The summed E-state index contributed by atoms with van der Waals surface area (Å²) in [5.41, 5.74) is 2.05. The lowest BCUT2D eigenvalue weighted by molar-refractivity contribution is -0.133. The van der Waals surface area contributed by atoms with Crippen molar-refractivity contribution in [2.45, 2.75) is 67.2 Å². The molecule has 4 saturated carbocycles. The number of allylic oxidation sites excluding steroid dienone is 1. The van der Waals surface area contributed by atoms with Crippen molar-refractivity contribution in [1.82, 2.24) is 0 Å². The Morgan fingerprint density at radius 3 is 1.68 bits per heavy atom. The summed E-state index contributed by atoms with van der Waals surface area (Å²) < 4.78 is 0. The van der Waals surface area contributed by atoms with Crippen molar-refractivity contribution in [2.24, 2.45) is 45.3 Å². The highest BCUT2D eigenvalue weighted by Crippen LogP contribution is 2.76. The third-order valence-corrected chi connectivity index (χ3v) is 9.82. The molecule has 0 unspecified atom stereocenters. The molecule has 4 bridgehead atoms. The van der Waals surface area contributed by atoms with Crippen LogP contribution in [0.5, 0.6) is 0 Å². The molecule has 0 aromatic carbocycles. The quantitative estimate of drug-likeness (QED) is 0.604. The third-order valence-electron chi connectivity index (χ3n) is 9.82. The van der Waals surface area contributed by atoms with E-state index in [-0.39, 0.29) is 22.2 Å². The van der Waals surface area contributed by atoms with E-state index in [4.69, 9.17) is 0 Å². The summed E-state index contributed by atoms with van der Waals surface area (Å²) in [6.45, 7) is 18.8. The molecule has 4 aliphatic rings. The van der Waals surface area contributed by atoms with Gasteiger partial charge in [0, 0.05) is 11.3 Å². The molecule has 6 atom stereocenters. The normalized spacial score (nSPS) is 54.5. The standard InChI is InChI=1S/C21H32O/c1-12-15(13-8-10-20(12,6)18(13,2)3)16-14-9-11-21(7,17(16)22)19(14,4)5/h13-16H,1,8-11H2,2-7H3/t13-,14-,15+,16+,20+,21+/m1/s1. The number of ketones is 1. The van der Waals surface area contributed by atoms with E-state index in [1.54, 1.807) is 0 Å². The predicted molar refractivity (Wildman–Crippen MR) is 90.4 cm³/mol. The Labute approximate surface area is 135 Å². The van der Waals surface area contributed by atoms with Gasteiger partial charge in [-0.15, -0.1) is 0 Å². The number of carbonyl (C=O) groups is 1. The van der Waals surface area contributed by atoms with Gasteiger partial charge >= 0.3 is 0 Å². The summed E-state index contributed by atoms with van der Waals surface area (Å²) in [4.78, 5) is 13.4. The molecule has 22 heavy (non-hydrogen) atoms. The van der Waals surface area contributed by atoms with Crippen molar-refractivity contribution in [3.05, 3.63) is 12.2 Å². The number of Topliss-reactive ketones (excluding diaryl/α,β-unsaturated/α-hetero) is 1. The Hall–Kier alpha value is -0.590. The van der Waals surface area contributed by atoms with Crippen molar-refractivity contribution >= 4 is 5.78 Å². The molecule has 0 radical (unpaired) electrons. The summed E-state index contributed by atoms with van der Waals surface area (Å²) in [7, 11) is 0. The maximum atomic E-state index is 13.4. The second-order valence-corrected chi connectivity index (χ2v) is 10.3. The highest BCUT2D eigenvalue weighted by atomic mass is 16.1. The zero-order chi connectivity index (χ0) is 16.3. The maximum absolute atomic E-state index is 13.4. The van der Waals surface area contributed by atoms with Gasteiger partial charge in [0.1, 0.15) is 5.78 Å². The lowest BCUT2D eigenvalue weighted by atomic mass is 9.66. The second-order valence-electron chi connectivity index (χ2n) is 10.3. The first-order chi connectivity index (χ1) is 10.00. The zero-order valence-corrected chi connectivity index (χ0v) is 15.3. The van der Waals surface area contributed by atoms with Gasteiger partial charge in [-0.3, -0.25) is 4.79 Å². The molecular weight excluding hydrogens is 268 g/mol. The summed E-state index contributed by atoms with van der Waals surface area (Å²) in [5.74, 6) is 2.52. The van der Waals surface area contributed by atoms with E-state index in [1.807, 2.05) is 0 Å². The average Bonchev–Trinajstić information content (AvgIpc) is 2.90. The van der Waals surface area contributed by atoms with Crippen LogP contribution in [0.4, 0.5) is 0 Å². The molecule has 0 aromatic heterocycles. The molecule has 0 aromatic rings. The van der Waals surface area contributed by atoms with Gasteiger partial charge in [0.2, 0.25) is 0 Å². The molecule has 122 valence electrons. The van der Waals surface area contributed by atoms with Crippen LogP contribution in [0, 0.1) is 45.3 Å². The van der Waals surface area contributed by atoms with Crippen LogP contribution in [0.2, 0.25) is 0 Å². The van der Waals surface area contributed by atoms with Gasteiger partial charge in [-0.25, -0.2) is 0 Å². The largest absolute Gasteiger partial charge is 0.299 e. The highest BCUT2D eigenvalue weighted by Gasteiger charge is 2.72. The van der Waals surface area contributed by atoms with Crippen LogP contribution in [0.15, 0.2) is 12.2 Å². The van der Waals surface area contributed by atoms with Crippen LogP contribution in [0.25, 0.3) is 0 Å². The minimum absolute atomic E-state index is 0.0878. The highest BCUT2D eigenvalue weighted by molar-refractivity contribution is 5.92. The zero-order valence-electron chi connectivity index (χ0n) is 15.3. The molecule has 1 heteroatoms. The van der Waals surface area contributed by atoms with Gasteiger partial charge < -0.3 is 0 Å². The fraction of sp³-hybridized carbons (Fsp3) is 0.857. The summed E-state index contributed by atoms with van der Waals surface area (Å²) in [5, 5.41) is 0. The van der Waals surface area contributed by atoms with E-state index in [9.17, 15) is 4.79 Å². The molecule has 0 heterocycles. The van der Waals surface area contributed by atoms with E-state index in [0.29, 0.717) is 29.0 Å². The first-order valence-electron chi connectivity index (χ1n) is 9.24. The van der Waals surface area contributed by atoms with Crippen LogP contribution >= 0.6 is 0 Å². The monoisotopic (exact) mass is 300 g/mol. The van der Waals surface area contributed by atoms with Crippen molar-refractivity contribution in [1.29, 1.82) is 0 Å². The number of rotatable bonds is 1. The SMILES string of the molecule is C=C1[C@H]([C@H]2C(=O)[C@]3(C)CC[C@H]2C3(C)C)[C@H]2CC[C@]1(C)C2(C)C. The summed E-state index contributed by atoms with van der Waals surface area (Å²) in [6, 6.07) is 0. The van der Waals surface area contributed by atoms with Gasteiger partial charge in [0.25, 0.3) is 0 Å². The van der Waals surface area contributed by atoms with Gasteiger partial charge in [-0.2, -0.15) is 0 Å². The Morgan fingerprint density at radius 1 is 0.818 bits per heavy atom. The molecular formula is C21H32O. The molecule has 0 amide bonds. The molecule has 0 spiro atoms. The fourth-order valence-electron chi connectivity index (χ4n) is 7.39. The number of hydrogen-bond acceptors (Lipinski definition) is 1. The van der Waals surface area contributed by atoms with Crippen molar-refractivity contribution in [2.75, 3.05) is 0 Å². The number of hydrogen-bond donors (Lipinski definition) is 0.